The van der Waals surface area contributed by atoms with Crippen molar-refractivity contribution in [1.29, 1.82) is 0 Å². The Morgan fingerprint density at radius 3 is 2.41 bits per heavy atom. The van der Waals surface area contributed by atoms with Crippen molar-refractivity contribution in [3.05, 3.63) is 100.0 Å². The average molecular weight is 522 g/mol. The molecular formula is C31H35N7O. The quantitative estimate of drug-likeness (QED) is 0.283. The number of aromatic amines is 1. The zero-order valence-corrected chi connectivity index (χ0v) is 23.3. The summed E-state index contributed by atoms with van der Waals surface area (Å²) in [6, 6.07) is 18.3. The number of H-pyrrole nitrogens is 1. The summed E-state index contributed by atoms with van der Waals surface area (Å²) < 4.78 is 3.77. The average Bonchev–Trinajstić information content (AvgIpc) is 3.56. The van der Waals surface area contributed by atoms with Crippen molar-refractivity contribution in [2.75, 3.05) is 0 Å². The molecule has 39 heavy (non-hydrogen) atoms. The maximum atomic E-state index is 13.8. The maximum Gasteiger partial charge on any atom is 0.332 e. The highest BCUT2D eigenvalue weighted by Gasteiger charge is 2.23. The fourth-order valence-electron chi connectivity index (χ4n) is 5.13. The molecule has 0 saturated carbocycles. The predicted octanol–water partition coefficient (Wildman–Crippen LogP) is 5.68. The van der Waals surface area contributed by atoms with Gasteiger partial charge in [-0.3, -0.25) is 14.1 Å². The second-order valence-electron chi connectivity index (χ2n) is 11.0. The van der Waals surface area contributed by atoms with Gasteiger partial charge in [0.2, 0.25) is 5.82 Å². The van der Waals surface area contributed by atoms with Crippen LogP contribution in [0.3, 0.4) is 0 Å². The number of nitrogens with zero attached hydrogens (tertiary/aromatic N) is 6. The minimum absolute atomic E-state index is 0.00362. The Bertz CT molecular complexity index is 1620. The summed E-state index contributed by atoms with van der Waals surface area (Å²) in [5, 5.41) is 14.5. The van der Waals surface area contributed by atoms with Gasteiger partial charge >= 0.3 is 5.69 Å². The largest absolute Gasteiger partial charge is 0.332 e. The first-order valence-electron chi connectivity index (χ1n) is 13.5. The molecule has 0 saturated heterocycles. The fourth-order valence-corrected chi connectivity index (χ4v) is 5.13. The summed E-state index contributed by atoms with van der Waals surface area (Å²) in [6.45, 7) is 11.4. The zero-order chi connectivity index (χ0) is 27.6. The van der Waals surface area contributed by atoms with Crippen LogP contribution in [0.5, 0.6) is 0 Å². The number of hydrogen-bond acceptors (Lipinski definition) is 5. The molecule has 0 radical (unpaired) electrons. The Kier molecular flexibility index (Phi) is 7.28. The normalized spacial score (nSPS) is 11.7. The highest BCUT2D eigenvalue weighted by Crippen LogP contribution is 2.31. The third-order valence-electron chi connectivity index (χ3n) is 7.10. The van der Waals surface area contributed by atoms with E-state index in [-0.39, 0.29) is 11.1 Å². The first-order chi connectivity index (χ1) is 18.8. The van der Waals surface area contributed by atoms with Crippen LogP contribution in [0.4, 0.5) is 0 Å². The number of hydrogen-bond donors (Lipinski definition) is 1. The van der Waals surface area contributed by atoms with E-state index in [1.54, 1.807) is 0 Å². The zero-order valence-electron chi connectivity index (χ0n) is 23.3. The molecule has 0 bridgehead atoms. The number of tetrazole rings is 1. The summed E-state index contributed by atoms with van der Waals surface area (Å²) >= 11 is 0. The predicted molar refractivity (Wildman–Crippen MR) is 154 cm³/mol. The van der Waals surface area contributed by atoms with Crippen LogP contribution >= 0.6 is 0 Å². The van der Waals surface area contributed by atoms with Gasteiger partial charge in [0.15, 0.2) is 0 Å². The first-order valence-corrected chi connectivity index (χ1v) is 13.5. The van der Waals surface area contributed by atoms with Crippen molar-refractivity contribution in [2.45, 2.75) is 65.8 Å². The smallest absolute Gasteiger partial charge is 0.296 e. The van der Waals surface area contributed by atoms with E-state index in [4.69, 9.17) is 4.98 Å². The van der Waals surface area contributed by atoms with E-state index in [1.165, 1.54) is 5.56 Å². The minimum atomic E-state index is -0.0815. The standard InChI is InChI=1S/C31H35N7O/c1-6-10-24-20-38(28-21(2)11-9-14-27(28)31(3,4)5)30(39)37(24)18-17-23-16-15-22(19-32-23)25-12-7-8-13-26(25)29-33-35-36-34-29/h7-9,11-16,19-20H,6,10,17-18H2,1-5H3,(H,33,34,35,36). The van der Waals surface area contributed by atoms with Gasteiger partial charge in [0.25, 0.3) is 0 Å². The lowest BCUT2D eigenvalue weighted by Crippen LogP contribution is -2.27. The SMILES string of the molecule is CCCc1cn(-c2c(C)cccc2C(C)(C)C)c(=O)n1CCc1ccc(-c2ccccc2-c2nn[nH]n2)cn1. The van der Waals surface area contributed by atoms with Crippen LogP contribution < -0.4 is 5.69 Å². The van der Waals surface area contributed by atoms with Gasteiger partial charge < -0.3 is 0 Å². The van der Waals surface area contributed by atoms with E-state index in [9.17, 15) is 4.79 Å². The molecule has 0 amide bonds. The molecule has 200 valence electrons. The minimum Gasteiger partial charge on any atom is -0.296 e. The molecule has 0 fully saturated rings. The number of aryl methyl sites for hydroxylation is 3. The number of nitrogens with one attached hydrogen (secondary N) is 1. The second-order valence-corrected chi connectivity index (χ2v) is 11.0. The number of imidazole rings is 1. The van der Waals surface area contributed by atoms with Gasteiger partial charge in [-0.1, -0.05) is 82.6 Å². The van der Waals surface area contributed by atoms with Crippen LogP contribution in [0.2, 0.25) is 0 Å². The molecule has 0 spiro atoms. The molecule has 2 aromatic carbocycles. The first kappa shape index (κ1) is 26.3. The molecule has 0 aliphatic carbocycles. The topological polar surface area (TPSA) is 94.3 Å². The lowest BCUT2D eigenvalue weighted by Gasteiger charge is -2.24. The van der Waals surface area contributed by atoms with Crippen LogP contribution in [-0.4, -0.2) is 34.7 Å². The van der Waals surface area contributed by atoms with Gasteiger partial charge in [-0.2, -0.15) is 5.21 Å². The maximum absolute atomic E-state index is 13.8. The van der Waals surface area contributed by atoms with Crippen molar-refractivity contribution >= 4 is 0 Å². The third kappa shape index (κ3) is 5.32. The molecular weight excluding hydrogens is 486 g/mol. The molecule has 5 aromatic rings. The van der Waals surface area contributed by atoms with Crippen molar-refractivity contribution in [2.24, 2.45) is 0 Å². The van der Waals surface area contributed by atoms with Gasteiger partial charge in [0, 0.05) is 47.9 Å². The van der Waals surface area contributed by atoms with Crippen LogP contribution in [0, 0.1) is 6.92 Å². The lowest BCUT2D eigenvalue weighted by molar-refractivity contribution is 0.582. The molecule has 5 rings (SSSR count). The van der Waals surface area contributed by atoms with E-state index in [0.29, 0.717) is 18.8 Å². The van der Waals surface area contributed by atoms with Crippen molar-refractivity contribution in [3.63, 3.8) is 0 Å². The van der Waals surface area contributed by atoms with E-state index in [2.05, 4.69) is 79.5 Å². The number of aromatic nitrogens is 7. The van der Waals surface area contributed by atoms with Gasteiger partial charge in [-0.05, 0) is 46.7 Å². The van der Waals surface area contributed by atoms with Crippen LogP contribution in [0.15, 0.2) is 71.8 Å². The Morgan fingerprint density at radius 2 is 1.74 bits per heavy atom. The highest BCUT2D eigenvalue weighted by molar-refractivity contribution is 5.79. The van der Waals surface area contributed by atoms with Crippen LogP contribution in [0.25, 0.3) is 28.2 Å². The van der Waals surface area contributed by atoms with Crippen LogP contribution in [-0.2, 0) is 24.8 Å². The van der Waals surface area contributed by atoms with E-state index in [0.717, 1.165) is 52.2 Å². The summed E-state index contributed by atoms with van der Waals surface area (Å²) in [5.41, 5.74) is 8.03. The monoisotopic (exact) mass is 521 g/mol. The molecule has 8 nitrogen and oxygen atoms in total. The Morgan fingerprint density at radius 1 is 0.949 bits per heavy atom. The van der Waals surface area contributed by atoms with Gasteiger partial charge in [0.1, 0.15) is 0 Å². The summed E-state index contributed by atoms with van der Waals surface area (Å²) in [4.78, 5) is 18.5. The summed E-state index contributed by atoms with van der Waals surface area (Å²) in [5.74, 6) is 0.547. The van der Waals surface area contributed by atoms with Crippen molar-refractivity contribution < 1.29 is 0 Å². The molecule has 0 atom stereocenters. The molecule has 0 unspecified atom stereocenters. The number of rotatable bonds is 8. The van der Waals surface area contributed by atoms with Crippen molar-refractivity contribution in [3.8, 4) is 28.2 Å². The molecule has 3 heterocycles. The summed E-state index contributed by atoms with van der Waals surface area (Å²) in [6.07, 6.45) is 6.38. The van der Waals surface area contributed by atoms with E-state index >= 15 is 0 Å². The van der Waals surface area contributed by atoms with E-state index < -0.39 is 0 Å². The number of benzene rings is 2. The third-order valence-corrected chi connectivity index (χ3v) is 7.10. The lowest BCUT2D eigenvalue weighted by atomic mass is 9.84. The second kappa shape index (κ2) is 10.8. The number of pyridine rings is 1. The Balaban J connectivity index is 1.43. The molecule has 8 heteroatoms. The van der Waals surface area contributed by atoms with Crippen LogP contribution in [0.1, 0.15) is 56.6 Å². The fraction of sp³-hybridized carbons (Fsp3) is 0.323. The molecule has 0 aliphatic rings. The number of para-hydroxylation sites is 1. The molecule has 1 N–H and O–H groups in total. The Labute approximate surface area is 228 Å². The highest BCUT2D eigenvalue weighted by atomic mass is 16.1. The Hall–Kier alpha value is -4.33. The molecule has 0 aliphatic heterocycles. The van der Waals surface area contributed by atoms with E-state index in [1.807, 2.05) is 51.9 Å². The van der Waals surface area contributed by atoms with Gasteiger partial charge in [-0.25, -0.2) is 4.79 Å². The van der Waals surface area contributed by atoms with Gasteiger partial charge in [-0.15, -0.1) is 10.2 Å². The van der Waals surface area contributed by atoms with Crippen molar-refractivity contribution in [1.82, 2.24) is 34.7 Å². The summed E-state index contributed by atoms with van der Waals surface area (Å²) in [7, 11) is 0. The van der Waals surface area contributed by atoms with Gasteiger partial charge in [0.05, 0.1) is 5.69 Å². The molecule has 3 aromatic heterocycles.